The standard InChI is InChI=1S/C12H14Cl2FN3/c1-2-12(6-13,7-14)18-11-16-9-4-3-8(15)5-10(9)17-11/h3-5H,2,6-7H2,1H3,(H2,16,17,18). The zero-order valence-corrected chi connectivity index (χ0v) is 11.4. The van der Waals surface area contributed by atoms with Gasteiger partial charge in [0.2, 0.25) is 5.95 Å². The Morgan fingerprint density at radius 3 is 2.72 bits per heavy atom. The molecule has 0 saturated heterocycles. The number of rotatable bonds is 5. The van der Waals surface area contributed by atoms with Gasteiger partial charge in [-0.2, -0.15) is 0 Å². The molecule has 0 bridgehead atoms. The van der Waals surface area contributed by atoms with E-state index in [1.807, 2.05) is 6.92 Å². The molecule has 18 heavy (non-hydrogen) atoms. The van der Waals surface area contributed by atoms with Gasteiger partial charge >= 0.3 is 0 Å². The van der Waals surface area contributed by atoms with Crippen molar-refractivity contribution in [2.45, 2.75) is 18.9 Å². The monoisotopic (exact) mass is 289 g/mol. The lowest BCUT2D eigenvalue weighted by Crippen LogP contribution is -2.42. The Morgan fingerprint density at radius 2 is 2.11 bits per heavy atom. The summed E-state index contributed by atoms with van der Waals surface area (Å²) in [5.41, 5.74) is 0.940. The van der Waals surface area contributed by atoms with Gasteiger partial charge in [0, 0.05) is 11.8 Å². The lowest BCUT2D eigenvalue weighted by molar-refractivity contribution is 0.556. The first-order valence-electron chi connectivity index (χ1n) is 5.68. The number of halogens is 3. The number of imidazole rings is 1. The molecule has 0 amide bonds. The normalized spacial score (nSPS) is 12.0. The van der Waals surface area contributed by atoms with Crippen molar-refractivity contribution in [1.29, 1.82) is 0 Å². The fraction of sp³-hybridized carbons (Fsp3) is 0.417. The summed E-state index contributed by atoms with van der Waals surface area (Å²) in [4.78, 5) is 7.35. The third kappa shape index (κ3) is 2.54. The summed E-state index contributed by atoms with van der Waals surface area (Å²) in [6, 6.07) is 4.41. The number of aromatic nitrogens is 2. The van der Waals surface area contributed by atoms with Crippen molar-refractivity contribution in [3.63, 3.8) is 0 Å². The van der Waals surface area contributed by atoms with E-state index in [9.17, 15) is 4.39 Å². The van der Waals surface area contributed by atoms with Gasteiger partial charge in [0.25, 0.3) is 0 Å². The van der Waals surface area contributed by atoms with Crippen molar-refractivity contribution in [1.82, 2.24) is 9.97 Å². The highest BCUT2D eigenvalue weighted by Crippen LogP contribution is 2.22. The molecule has 2 aromatic rings. The van der Waals surface area contributed by atoms with E-state index in [1.165, 1.54) is 12.1 Å². The van der Waals surface area contributed by atoms with Crippen LogP contribution >= 0.6 is 23.2 Å². The van der Waals surface area contributed by atoms with Crippen LogP contribution in [0.25, 0.3) is 11.0 Å². The molecule has 1 aromatic heterocycles. The average molecular weight is 290 g/mol. The van der Waals surface area contributed by atoms with Crippen LogP contribution in [0.3, 0.4) is 0 Å². The molecular weight excluding hydrogens is 276 g/mol. The maximum Gasteiger partial charge on any atom is 0.201 e. The van der Waals surface area contributed by atoms with Crippen molar-refractivity contribution < 1.29 is 4.39 Å². The van der Waals surface area contributed by atoms with Gasteiger partial charge in [-0.15, -0.1) is 23.2 Å². The van der Waals surface area contributed by atoms with Crippen molar-refractivity contribution in [2.75, 3.05) is 17.1 Å². The smallest absolute Gasteiger partial charge is 0.201 e. The fourth-order valence-electron chi connectivity index (χ4n) is 1.67. The van der Waals surface area contributed by atoms with Crippen LogP contribution in [0.1, 0.15) is 13.3 Å². The minimum atomic E-state index is -0.407. The van der Waals surface area contributed by atoms with Crippen LogP contribution in [0.5, 0.6) is 0 Å². The fourth-order valence-corrected chi connectivity index (χ4v) is 2.47. The van der Waals surface area contributed by atoms with Crippen molar-refractivity contribution in [3.8, 4) is 0 Å². The first-order chi connectivity index (χ1) is 8.62. The maximum absolute atomic E-state index is 13.1. The van der Waals surface area contributed by atoms with Crippen molar-refractivity contribution in [2.24, 2.45) is 0 Å². The minimum absolute atomic E-state index is 0.297. The third-order valence-electron chi connectivity index (χ3n) is 3.02. The number of alkyl halides is 2. The highest BCUT2D eigenvalue weighted by Gasteiger charge is 2.27. The predicted octanol–water partition coefficient (Wildman–Crippen LogP) is 3.74. The molecule has 1 aromatic carbocycles. The molecule has 0 atom stereocenters. The minimum Gasteiger partial charge on any atom is -0.348 e. The average Bonchev–Trinajstić information content (AvgIpc) is 2.77. The summed E-state index contributed by atoms with van der Waals surface area (Å²) in [6.45, 7) is 2.00. The number of nitrogens with zero attached hydrogens (tertiary/aromatic N) is 1. The summed E-state index contributed by atoms with van der Waals surface area (Å²) in [5.74, 6) is 1.00. The lowest BCUT2D eigenvalue weighted by Gasteiger charge is -2.29. The van der Waals surface area contributed by atoms with E-state index in [0.717, 1.165) is 6.42 Å². The van der Waals surface area contributed by atoms with Gasteiger partial charge in [0.05, 0.1) is 16.6 Å². The first kappa shape index (κ1) is 13.4. The Balaban J connectivity index is 2.31. The molecule has 2 N–H and O–H groups in total. The van der Waals surface area contributed by atoms with Gasteiger partial charge in [0.1, 0.15) is 5.82 Å². The van der Waals surface area contributed by atoms with E-state index in [-0.39, 0.29) is 5.82 Å². The zero-order chi connectivity index (χ0) is 13.2. The van der Waals surface area contributed by atoms with E-state index in [0.29, 0.717) is 28.7 Å². The molecular formula is C12H14Cl2FN3. The molecule has 1 heterocycles. The van der Waals surface area contributed by atoms with Gasteiger partial charge < -0.3 is 10.3 Å². The van der Waals surface area contributed by atoms with Crippen LogP contribution in [-0.2, 0) is 0 Å². The molecule has 0 fully saturated rings. The summed E-state index contributed by atoms with van der Waals surface area (Å²) in [7, 11) is 0. The van der Waals surface area contributed by atoms with Crippen LogP contribution in [0, 0.1) is 5.82 Å². The van der Waals surface area contributed by atoms with Gasteiger partial charge in [-0.05, 0) is 24.6 Å². The largest absolute Gasteiger partial charge is 0.348 e. The highest BCUT2D eigenvalue weighted by atomic mass is 35.5. The molecule has 0 aliphatic heterocycles. The van der Waals surface area contributed by atoms with Crippen molar-refractivity contribution >= 4 is 40.2 Å². The van der Waals surface area contributed by atoms with E-state index >= 15 is 0 Å². The second-order valence-electron chi connectivity index (χ2n) is 4.27. The van der Waals surface area contributed by atoms with Crippen LogP contribution in [0.15, 0.2) is 18.2 Å². The lowest BCUT2D eigenvalue weighted by atomic mass is 10.0. The van der Waals surface area contributed by atoms with Crippen LogP contribution in [0.4, 0.5) is 10.3 Å². The van der Waals surface area contributed by atoms with Gasteiger partial charge in [0.15, 0.2) is 0 Å². The van der Waals surface area contributed by atoms with E-state index in [2.05, 4.69) is 15.3 Å². The van der Waals surface area contributed by atoms with Crippen LogP contribution in [0.2, 0.25) is 0 Å². The second-order valence-corrected chi connectivity index (χ2v) is 4.81. The molecule has 0 radical (unpaired) electrons. The number of benzene rings is 1. The number of hydrogen-bond acceptors (Lipinski definition) is 2. The molecule has 3 nitrogen and oxygen atoms in total. The molecule has 6 heteroatoms. The number of anilines is 1. The summed E-state index contributed by atoms with van der Waals surface area (Å²) < 4.78 is 13.1. The molecule has 2 rings (SSSR count). The molecule has 98 valence electrons. The Hall–Kier alpha value is -1.00. The van der Waals surface area contributed by atoms with Gasteiger partial charge in [-0.25, -0.2) is 9.37 Å². The molecule has 0 saturated carbocycles. The summed E-state index contributed by atoms with van der Waals surface area (Å²) in [6.07, 6.45) is 0.769. The first-order valence-corrected chi connectivity index (χ1v) is 6.75. The topological polar surface area (TPSA) is 40.7 Å². The van der Waals surface area contributed by atoms with E-state index < -0.39 is 5.54 Å². The molecule has 0 aliphatic carbocycles. The molecule has 0 unspecified atom stereocenters. The maximum atomic E-state index is 13.1. The van der Waals surface area contributed by atoms with Gasteiger partial charge in [-0.3, -0.25) is 0 Å². The predicted molar refractivity (Wildman–Crippen MR) is 74.1 cm³/mol. The SMILES string of the molecule is CCC(CCl)(CCl)Nc1nc2ccc(F)cc2[nH]1. The van der Waals surface area contributed by atoms with Crippen LogP contribution < -0.4 is 5.32 Å². The number of aromatic amines is 1. The number of hydrogen-bond donors (Lipinski definition) is 2. The zero-order valence-electron chi connectivity index (χ0n) is 9.93. The highest BCUT2D eigenvalue weighted by molar-refractivity contribution is 6.22. The summed E-state index contributed by atoms with van der Waals surface area (Å²) in [5, 5.41) is 3.20. The Kier molecular flexibility index (Phi) is 3.97. The molecule has 0 aliphatic rings. The second kappa shape index (κ2) is 5.33. The number of nitrogens with one attached hydrogen (secondary N) is 2. The Labute approximate surface area is 115 Å². The van der Waals surface area contributed by atoms with Crippen molar-refractivity contribution in [3.05, 3.63) is 24.0 Å². The van der Waals surface area contributed by atoms with E-state index in [1.54, 1.807) is 6.07 Å². The molecule has 0 spiro atoms. The summed E-state index contributed by atoms with van der Waals surface area (Å²) >= 11 is 11.9. The third-order valence-corrected chi connectivity index (χ3v) is 4.04. The quantitative estimate of drug-likeness (QED) is 0.824. The van der Waals surface area contributed by atoms with Gasteiger partial charge in [-0.1, -0.05) is 6.92 Å². The Bertz CT molecular complexity index is 529. The number of fused-ring (bicyclic) bond motifs is 1. The number of H-pyrrole nitrogens is 1. The Morgan fingerprint density at radius 1 is 1.39 bits per heavy atom. The van der Waals surface area contributed by atoms with Crippen LogP contribution in [-0.4, -0.2) is 27.3 Å². The van der Waals surface area contributed by atoms with E-state index in [4.69, 9.17) is 23.2 Å².